The first-order chi connectivity index (χ1) is 14.4. The molecule has 4 rings (SSSR count). The molecule has 0 bridgehead atoms. The zero-order chi connectivity index (χ0) is 21.3. The molecular formula is C21H18ClN3O4S. The maximum absolute atomic E-state index is 13.0. The second kappa shape index (κ2) is 7.89. The molecule has 0 aliphatic carbocycles. The number of methoxy groups -OCH3 is 2. The largest absolute Gasteiger partial charge is 0.497 e. The Bertz CT molecular complexity index is 1340. The topological polar surface area (TPSA) is 93.3 Å². The van der Waals surface area contributed by atoms with Crippen molar-refractivity contribution in [3.05, 3.63) is 65.7 Å². The molecule has 0 spiro atoms. The second-order valence-corrected chi connectivity index (χ2v) is 8.49. The zero-order valence-corrected chi connectivity index (χ0v) is 17.7. The fourth-order valence-electron chi connectivity index (χ4n) is 3.15. The summed E-state index contributed by atoms with van der Waals surface area (Å²) in [6.07, 6.45) is 0. The van der Waals surface area contributed by atoms with Crippen LogP contribution in [0.2, 0.25) is 5.02 Å². The third kappa shape index (κ3) is 3.67. The fraction of sp³-hybridized carbons (Fsp3) is 0.0952. The van der Waals surface area contributed by atoms with Gasteiger partial charge in [0.2, 0.25) is 0 Å². The number of hydrogen-bond donors (Lipinski definition) is 2. The molecule has 9 heteroatoms. The quantitative estimate of drug-likeness (QED) is 0.450. The number of sulfonamides is 1. The van der Waals surface area contributed by atoms with Crippen LogP contribution in [0.15, 0.2) is 65.6 Å². The maximum Gasteiger partial charge on any atom is 0.265 e. The Hall–Kier alpha value is -3.23. The monoisotopic (exact) mass is 443 g/mol. The van der Waals surface area contributed by atoms with Gasteiger partial charge in [0.25, 0.3) is 10.0 Å². The van der Waals surface area contributed by atoms with Crippen LogP contribution in [0.1, 0.15) is 0 Å². The third-order valence-electron chi connectivity index (χ3n) is 4.60. The van der Waals surface area contributed by atoms with Crippen LogP contribution in [0.25, 0.3) is 22.2 Å². The highest BCUT2D eigenvalue weighted by Crippen LogP contribution is 2.34. The van der Waals surface area contributed by atoms with E-state index < -0.39 is 10.0 Å². The summed E-state index contributed by atoms with van der Waals surface area (Å²) in [7, 11) is -1.04. The third-order valence-corrected chi connectivity index (χ3v) is 6.34. The van der Waals surface area contributed by atoms with E-state index in [-0.39, 0.29) is 10.6 Å². The van der Waals surface area contributed by atoms with E-state index in [2.05, 4.69) is 14.9 Å². The van der Waals surface area contributed by atoms with Crippen molar-refractivity contribution in [2.24, 2.45) is 0 Å². The molecule has 0 atom stereocenters. The SMILES string of the molecule is COc1ccc(OC)c(S(=O)(=O)Nc2ccc3c(-c4ccccc4Cl)n[nH]c3c2)c1. The molecule has 7 nitrogen and oxygen atoms in total. The van der Waals surface area contributed by atoms with Gasteiger partial charge < -0.3 is 9.47 Å². The second-order valence-electron chi connectivity index (χ2n) is 6.43. The number of ether oxygens (including phenoxy) is 2. The summed E-state index contributed by atoms with van der Waals surface area (Å²) in [6, 6.07) is 17.1. The molecule has 0 unspecified atom stereocenters. The van der Waals surface area contributed by atoms with Crippen LogP contribution in [-0.4, -0.2) is 32.8 Å². The molecule has 154 valence electrons. The number of aromatic nitrogens is 2. The summed E-state index contributed by atoms with van der Waals surface area (Å²) < 4.78 is 38.8. The van der Waals surface area contributed by atoms with E-state index in [1.54, 1.807) is 36.4 Å². The lowest BCUT2D eigenvalue weighted by Gasteiger charge is -2.13. The lowest BCUT2D eigenvalue weighted by molar-refractivity contribution is 0.392. The van der Waals surface area contributed by atoms with E-state index in [1.807, 2.05) is 18.2 Å². The van der Waals surface area contributed by atoms with Crippen molar-refractivity contribution in [3.63, 3.8) is 0 Å². The van der Waals surface area contributed by atoms with Crippen LogP contribution in [0, 0.1) is 0 Å². The van der Waals surface area contributed by atoms with E-state index in [0.29, 0.717) is 27.7 Å². The molecule has 0 aliphatic rings. The number of aromatic amines is 1. The van der Waals surface area contributed by atoms with Crippen LogP contribution in [0.3, 0.4) is 0 Å². The number of nitrogens with one attached hydrogen (secondary N) is 2. The van der Waals surface area contributed by atoms with Crippen LogP contribution in [-0.2, 0) is 10.0 Å². The van der Waals surface area contributed by atoms with Crippen molar-refractivity contribution in [1.29, 1.82) is 0 Å². The van der Waals surface area contributed by atoms with Crippen molar-refractivity contribution in [2.75, 3.05) is 18.9 Å². The average molecular weight is 444 g/mol. The Morgan fingerprint density at radius 1 is 1.00 bits per heavy atom. The minimum atomic E-state index is -3.92. The normalized spacial score (nSPS) is 11.4. The number of nitrogens with zero attached hydrogens (tertiary/aromatic N) is 1. The fourth-order valence-corrected chi connectivity index (χ4v) is 4.61. The van der Waals surface area contributed by atoms with Crippen molar-refractivity contribution in [2.45, 2.75) is 4.90 Å². The van der Waals surface area contributed by atoms with Gasteiger partial charge in [-0.3, -0.25) is 9.82 Å². The molecule has 0 amide bonds. The summed E-state index contributed by atoms with van der Waals surface area (Å²) in [5.74, 6) is 0.622. The molecule has 1 heterocycles. The highest BCUT2D eigenvalue weighted by Gasteiger charge is 2.21. The molecule has 0 fully saturated rings. The van der Waals surface area contributed by atoms with Gasteiger partial charge in [0.1, 0.15) is 22.1 Å². The predicted molar refractivity (Wildman–Crippen MR) is 117 cm³/mol. The first-order valence-corrected chi connectivity index (χ1v) is 10.8. The van der Waals surface area contributed by atoms with E-state index >= 15 is 0 Å². The van der Waals surface area contributed by atoms with Gasteiger partial charge in [-0.1, -0.05) is 29.8 Å². The maximum atomic E-state index is 13.0. The Labute approximate surface area is 178 Å². The number of rotatable bonds is 6. The smallest absolute Gasteiger partial charge is 0.265 e. The number of fused-ring (bicyclic) bond motifs is 1. The zero-order valence-electron chi connectivity index (χ0n) is 16.1. The van der Waals surface area contributed by atoms with Gasteiger partial charge in [-0.05, 0) is 36.4 Å². The van der Waals surface area contributed by atoms with E-state index in [0.717, 1.165) is 10.9 Å². The number of benzene rings is 3. The van der Waals surface area contributed by atoms with Gasteiger partial charge in [-0.2, -0.15) is 5.10 Å². The minimum absolute atomic E-state index is 0.0224. The van der Waals surface area contributed by atoms with Crippen molar-refractivity contribution in [1.82, 2.24) is 10.2 Å². The first kappa shape index (κ1) is 20.1. The first-order valence-electron chi connectivity index (χ1n) is 8.91. The standard InChI is InChI=1S/C21H18ClN3O4S/c1-28-14-8-10-19(29-2)20(12-14)30(26,27)25-13-7-9-16-18(11-13)23-24-21(16)15-5-3-4-6-17(15)22/h3-12,25H,1-2H3,(H,23,24). The van der Waals surface area contributed by atoms with Gasteiger partial charge in [0.05, 0.1) is 30.4 Å². The van der Waals surface area contributed by atoms with Crippen molar-refractivity contribution in [3.8, 4) is 22.8 Å². The molecule has 0 saturated carbocycles. The van der Waals surface area contributed by atoms with Crippen LogP contribution < -0.4 is 14.2 Å². The van der Waals surface area contributed by atoms with Crippen LogP contribution in [0.5, 0.6) is 11.5 Å². The minimum Gasteiger partial charge on any atom is -0.497 e. The van der Waals surface area contributed by atoms with E-state index in [1.165, 1.54) is 20.3 Å². The Morgan fingerprint density at radius 3 is 2.53 bits per heavy atom. The molecule has 0 saturated heterocycles. The molecular weight excluding hydrogens is 426 g/mol. The highest BCUT2D eigenvalue weighted by molar-refractivity contribution is 7.92. The molecule has 0 radical (unpaired) electrons. The van der Waals surface area contributed by atoms with Crippen molar-refractivity contribution < 1.29 is 17.9 Å². The summed E-state index contributed by atoms with van der Waals surface area (Å²) in [6.45, 7) is 0. The molecule has 30 heavy (non-hydrogen) atoms. The molecule has 2 N–H and O–H groups in total. The number of hydrogen-bond acceptors (Lipinski definition) is 5. The number of anilines is 1. The summed E-state index contributed by atoms with van der Waals surface area (Å²) in [5.41, 5.74) is 2.53. The Kier molecular flexibility index (Phi) is 5.27. The lowest BCUT2D eigenvalue weighted by atomic mass is 10.1. The van der Waals surface area contributed by atoms with Crippen LogP contribution >= 0.6 is 11.6 Å². The van der Waals surface area contributed by atoms with Gasteiger partial charge >= 0.3 is 0 Å². The molecule has 3 aromatic carbocycles. The number of halogens is 1. The lowest BCUT2D eigenvalue weighted by Crippen LogP contribution is -2.14. The Balaban J connectivity index is 1.71. The number of H-pyrrole nitrogens is 1. The summed E-state index contributed by atoms with van der Waals surface area (Å²) in [4.78, 5) is -0.0224. The van der Waals surface area contributed by atoms with E-state index in [4.69, 9.17) is 21.1 Å². The molecule has 1 aromatic heterocycles. The van der Waals surface area contributed by atoms with Gasteiger partial charge in [-0.15, -0.1) is 0 Å². The van der Waals surface area contributed by atoms with Crippen molar-refractivity contribution >= 4 is 38.2 Å². The molecule has 4 aromatic rings. The van der Waals surface area contributed by atoms with Crippen LogP contribution in [0.4, 0.5) is 5.69 Å². The summed E-state index contributed by atoms with van der Waals surface area (Å²) in [5, 5.41) is 8.69. The highest BCUT2D eigenvalue weighted by atomic mass is 35.5. The Morgan fingerprint density at radius 2 is 1.80 bits per heavy atom. The van der Waals surface area contributed by atoms with Gasteiger partial charge in [-0.25, -0.2) is 8.42 Å². The van der Waals surface area contributed by atoms with Gasteiger partial charge in [0, 0.05) is 17.0 Å². The predicted octanol–water partition coefficient (Wildman–Crippen LogP) is 4.70. The average Bonchev–Trinajstić information content (AvgIpc) is 3.16. The summed E-state index contributed by atoms with van der Waals surface area (Å²) >= 11 is 6.29. The molecule has 0 aliphatic heterocycles. The van der Waals surface area contributed by atoms with E-state index in [9.17, 15) is 8.42 Å². The van der Waals surface area contributed by atoms with Gasteiger partial charge in [0.15, 0.2) is 0 Å².